The van der Waals surface area contributed by atoms with Crippen LogP contribution in [0.2, 0.25) is 0 Å². The smallest absolute Gasteiger partial charge is 0.244 e. The van der Waals surface area contributed by atoms with Crippen LogP contribution in [0.1, 0.15) is 23.6 Å². The summed E-state index contributed by atoms with van der Waals surface area (Å²) in [4.78, 5) is 27.0. The van der Waals surface area contributed by atoms with Gasteiger partial charge in [-0.25, -0.2) is 8.42 Å². The Balaban J connectivity index is 2.42. The molecule has 2 rings (SSSR count). The lowest BCUT2D eigenvalue weighted by molar-refractivity contribution is -0.139. The lowest BCUT2D eigenvalue weighted by atomic mass is 10.1. The summed E-state index contributed by atoms with van der Waals surface area (Å²) >= 11 is 3.41. The fraction of sp³-hybridized carbons (Fsp3) is 0.364. The molecular formula is C22H28BrN3O4S. The van der Waals surface area contributed by atoms with Gasteiger partial charge in [0, 0.05) is 18.1 Å². The first-order valence-electron chi connectivity index (χ1n) is 9.74. The van der Waals surface area contributed by atoms with Crippen LogP contribution in [-0.2, 0) is 26.2 Å². The topological polar surface area (TPSA) is 86.8 Å². The van der Waals surface area contributed by atoms with Gasteiger partial charge in [-0.15, -0.1) is 0 Å². The van der Waals surface area contributed by atoms with Crippen molar-refractivity contribution in [1.29, 1.82) is 0 Å². The number of benzene rings is 2. The summed E-state index contributed by atoms with van der Waals surface area (Å²) in [5.41, 5.74) is 3.01. The predicted octanol–water partition coefficient (Wildman–Crippen LogP) is 3.00. The molecule has 0 bridgehead atoms. The van der Waals surface area contributed by atoms with Crippen molar-refractivity contribution in [3.63, 3.8) is 0 Å². The SMILES string of the molecule is CNC(=O)[C@@H](C)N(Cc1cccc(Br)c1)C(=O)CN(c1cc(C)cc(C)c1)S(C)(=O)=O. The number of amides is 2. The zero-order valence-corrected chi connectivity index (χ0v) is 20.7. The van der Waals surface area contributed by atoms with Gasteiger partial charge >= 0.3 is 0 Å². The van der Waals surface area contributed by atoms with Crippen LogP contribution in [0.5, 0.6) is 0 Å². The van der Waals surface area contributed by atoms with Crippen molar-refractivity contribution in [2.45, 2.75) is 33.4 Å². The van der Waals surface area contributed by atoms with Gasteiger partial charge in [0.1, 0.15) is 12.6 Å². The average molecular weight is 510 g/mol. The Morgan fingerprint density at radius 1 is 1.10 bits per heavy atom. The van der Waals surface area contributed by atoms with Crippen LogP contribution in [0, 0.1) is 13.8 Å². The Morgan fingerprint density at radius 2 is 1.71 bits per heavy atom. The van der Waals surface area contributed by atoms with Crippen LogP contribution in [0.4, 0.5) is 5.69 Å². The Kier molecular flexibility index (Phi) is 8.25. The van der Waals surface area contributed by atoms with Gasteiger partial charge in [0.15, 0.2) is 0 Å². The van der Waals surface area contributed by atoms with Crippen LogP contribution >= 0.6 is 15.9 Å². The molecule has 9 heteroatoms. The molecule has 0 unspecified atom stereocenters. The normalized spacial score (nSPS) is 12.2. The van der Waals surface area contributed by atoms with Gasteiger partial charge in [0.05, 0.1) is 11.9 Å². The third kappa shape index (κ3) is 6.80. The number of aryl methyl sites for hydroxylation is 2. The highest BCUT2D eigenvalue weighted by Crippen LogP contribution is 2.22. The standard InChI is InChI=1S/C22H28BrN3O4S/c1-15-9-16(2)11-20(10-15)26(31(5,29)30)14-21(27)25(17(3)22(28)24-4)13-18-7-6-8-19(23)12-18/h6-12,17H,13-14H2,1-5H3,(H,24,28)/t17-/m1/s1. The molecule has 0 aromatic heterocycles. The number of anilines is 1. The number of nitrogens with zero attached hydrogens (tertiary/aromatic N) is 2. The van der Waals surface area contributed by atoms with E-state index in [4.69, 9.17) is 0 Å². The highest BCUT2D eigenvalue weighted by molar-refractivity contribution is 9.10. The first-order chi connectivity index (χ1) is 14.4. The molecule has 0 fully saturated rings. The van der Waals surface area contributed by atoms with Gasteiger partial charge in [0.25, 0.3) is 0 Å². The Morgan fingerprint density at radius 3 is 2.23 bits per heavy atom. The molecule has 31 heavy (non-hydrogen) atoms. The molecule has 0 heterocycles. The number of nitrogens with one attached hydrogen (secondary N) is 1. The lowest BCUT2D eigenvalue weighted by Gasteiger charge is -2.31. The van der Waals surface area contributed by atoms with Crippen LogP contribution in [0.15, 0.2) is 46.9 Å². The van der Waals surface area contributed by atoms with Gasteiger partial charge in [0.2, 0.25) is 21.8 Å². The molecule has 2 aromatic carbocycles. The summed E-state index contributed by atoms with van der Waals surface area (Å²) in [5.74, 6) is -0.804. The van der Waals surface area contributed by atoms with Crippen molar-refractivity contribution in [2.75, 3.05) is 24.2 Å². The fourth-order valence-corrected chi connectivity index (χ4v) is 4.61. The van der Waals surface area contributed by atoms with E-state index in [9.17, 15) is 18.0 Å². The second-order valence-corrected chi connectivity index (χ2v) is 10.4. The Hall–Kier alpha value is -2.39. The fourth-order valence-electron chi connectivity index (χ4n) is 3.33. The number of hydrogen-bond acceptors (Lipinski definition) is 4. The molecule has 0 radical (unpaired) electrons. The zero-order valence-electron chi connectivity index (χ0n) is 18.3. The van der Waals surface area contributed by atoms with Gasteiger partial charge in [-0.3, -0.25) is 13.9 Å². The molecule has 1 N–H and O–H groups in total. The van der Waals surface area contributed by atoms with Gasteiger partial charge < -0.3 is 10.2 Å². The lowest BCUT2D eigenvalue weighted by Crippen LogP contribution is -2.50. The van der Waals surface area contributed by atoms with Crippen molar-refractivity contribution in [3.8, 4) is 0 Å². The van der Waals surface area contributed by atoms with Crippen molar-refractivity contribution < 1.29 is 18.0 Å². The Bertz CT molecular complexity index is 1050. The minimum Gasteiger partial charge on any atom is -0.357 e. The number of hydrogen-bond donors (Lipinski definition) is 1. The highest BCUT2D eigenvalue weighted by atomic mass is 79.9. The van der Waals surface area contributed by atoms with E-state index in [-0.39, 0.29) is 12.5 Å². The first kappa shape index (κ1) is 24.9. The molecule has 0 saturated heterocycles. The maximum Gasteiger partial charge on any atom is 0.244 e. The number of halogens is 1. The van der Waals surface area contributed by atoms with E-state index in [2.05, 4.69) is 21.2 Å². The van der Waals surface area contributed by atoms with E-state index >= 15 is 0 Å². The summed E-state index contributed by atoms with van der Waals surface area (Å²) in [7, 11) is -2.23. The summed E-state index contributed by atoms with van der Waals surface area (Å²) < 4.78 is 27.0. The van der Waals surface area contributed by atoms with E-state index in [1.807, 2.05) is 44.2 Å². The van der Waals surface area contributed by atoms with E-state index < -0.39 is 28.5 Å². The van der Waals surface area contributed by atoms with Gasteiger partial charge in [-0.05, 0) is 61.7 Å². The second kappa shape index (κ2) is 10.3. The Labute approximate surface area is 192 Å². The second-order valence-electron chi connectivity index (χ2n) is 7.56. The van der Waals surface area contributed by atoms with Crippen molar-refractivity contribution in [1.82, 2.24) is 10.2 Å². The van der Waals surface area contributed by atoms with Crippen molar-refractivity contribution >= 4 is 43.5 Å². The zero-order chi connectivity index (χ0) is 23.3. The van der Waals surface area contributed by atoms with Crippen LogP contribution < -0.4 is 9.62 Å². The molecule has 168 valence electrons. The van der Waals surface area contributed by atoms with E-state index in [0.717, 1.165) is 31.7 Å². The summed E-state index contributed by atoms with van der Waals surface area (Å²) in [5, 5.41) is 2.55. The molecule has 0 saturated carbocycles. The van der Waals surface area contributed by atoms with Crippen molar-refractivity contribution in [3.05, 3.63) is 63.6 Å². The average Bonchev–Trinajstić information content (AvgIpc) is 2.67. The summed E-state index contributed by atoms with van der Waals surface area (Å²) in [6.45, 7) is 5.11. The summed E-state index contributed by atoms with van der Waals surface area (Å²) in [6, 6.07) is 12.0. The number of sulfonamides is 1. The third-order valence-electron chi connectivity index (χ3n) is 4.83. The number of rotatable bonds is 8. The van der Waals surface area contributed by atoms with E-state index in [0.29, 0.717) is 5.69 Å². The quantitative estimate of drug-likeness (QED) is 0.592. The molecule has 0 aliphatic carbocycles. The van der Waals surface area contributed by atoms with Gasteiger partial charge in [-0.2, -0.15) is 0 Å². The molecular weight excluding hydrogens is 482 g/mol. The molecule has 1 atom stereocenters. The molecule has 0 spiro atoms. The van der Waals surface area contributed by atoms with Crippen LogP contribution in [-0.4, -0.2) is 51.0 Å². The predicted molar refractivity (Wildman–Crippen MR) is 126 cm³/mol. The minimum absolute atomic E-state index is 0.164. The molecule has 0 aliphatic heterocycles. The first-order valence-corrected chi connectivity index (χ1v) is 12.4. The monoisotopic (exact) mass is 509 g/mol. The van der Waals surface area contributed by atoms with Crippen molar-refractivity contribution in [2.24, 2.45) is 0 Å². The number of carbonyl (C=O) groups excluding carboxylic acids is 2. The number of likely N-dealkylation sites (N-methyl/N-ethyl adjacent to an activating group) is 1. The molecule has 2 amide bonds. The minimum atomic E-state index is -3.73. The number of carbonyl (C=O) groups is 2. The highest BCUT2D eigenvalue weighted by Gasteiger charge is 2.29. The molecule has 0 aliphatic rings. The van der Waals surface area contributed by atoms with Crippen LogP contribution in [0.25, 0.3) is 0 Å². The molecule has 7 nitrogen and oxygen atoms in total. The van der Waals surface area contributed by atoms with E-state index in [1.165, 1.54) is 11.9 Å². The largest absolute Gasteiger partial charge is 0.357 e. The third-order valence-corrected chi connectivity index (χ3v) is 6.46. The van der Waals surface area contributed by atoms with E-state index in [1.54, 1.807) is 19.1 Å². The molecule has 2 aromatic rings. The van der Waals surface area contributed by atoms with Crippen LogP contribution in [0.3, 0.4) is 0 Å². The summed E-state index contributed by atoms with van der Waals surface area (Å²) in [6.07, 6.45) is 1.07. The maximum atomic E-state index is 13.3. The maximum absolute atomic E-state index is 13.3. The van der Waals surface area contributed by atoms with Gasteiger partial charge in [-0.1, -0.05) is 34.1 Å².